The first-order valence-electron chi connectivity index (χ1n) is 6.66. The van der Waals surface area contributed by atoms with Crippen LogP contribution >= 0.6 is 11.3 Å². The molecule has 0 radical (unpaired) electrons. The third-order valence-corrected chi connectivity index (χ3v) is 3.77. The highest BCUT2D eigenvalue weighted by molar-refractivity contribution is 7.07. The molecule has 21 heavy (non-hydrogen) atoms. The number of carboxylic acid groups (broad SMARTS) is 1. The summed E-state index contributed by atoms with van der Waals surface area (Å²) in [5.41, 5.74) is 4.28. The predicted molar refractivity (Wildman–Crippen MR) is 82.3 cm³/mol. The van der Waals surface area contributed by atoms with Gasteiger partial charge in [0, 0.05) is 24.3 Å². The first kappa shape index (κ1) is 15.6. The van der Waals surface area contributed by atoms with Gasteiger partial charge in [-0.25, -0.2) is 4.98 Å². The molecular weight excluding hydrogens is 286 g/mol. The van der Waals surface area contributed by atoms with E-state index in [4.69, 9.17) is 0 Å². The van der Waals surface area contributed by atoms with Crippen molar-refractivity contribution in [2.75, 3.05) is 0 Å². The quantitative estimate of drug-likeness (QED) is 0.888. The standard InChI is InChI=1S/C15H19N3O2S/c1-15(2,3)11-4-10(5-16-7-11)6-17-13(14(19)20)12-8-21-9-18-12/h4-5,7-9,13,17H,6H2,1-3H3,(H,19,20). The third-order valence-electron chi connectivity index (χ3n) is 3.17. The number of nitrogens with one attached hydrogen (secondary N) is 1. The van der Waals surface area contributed by atoms with Gasteiger partial charge in [-0.3, -0.25) is 15.1 Å². The average molecular weight is 305 g/mol. The minimum absolute atomic E-state index is 0.0180. The first-order chi connectivity index (χ1) is 9.88. The number of carboxylic acids is 1. The minimum Gasteiger partial charge on any atom is -0.480 e. The molecule has 0 aliphatic heterocycles. The molecule has 0 aromatic carbocycles. The third kappa shape index (κ3) is 4.09. The summed E-state index contributed by atoms with van der Waals surface area (Å²) in [7, 11) is 0. The lowest BCUT2D eigenvalue weighted by atomic mass is 9.87. The van der Waals surface area contributed by atoms with Gasteiger partial charge in [-0.1, -0.05) is 26.8 Å². The van der Waals surface area contributed by atoms with Crippen LogP contribution in [0.3, 0.4) is 0 Å². The Balaban J connectivity index is 2.10. The zero-order valence-electron chi connectivity index (χ0n) is 12.3. The molecule has 0 spiro atoms. The van der Waals surface area contributed by atoms with Crippen molar-refractivity contribution in [2.24, 2.45) is 0 Å². The van der Waals surface area contributed by atoms with Crippen LogP contribution in [0.4, 0.5) is 0 Å². The van der Waals surface area contributed by atoms with Gasteiger partial charge in [-0.05, 0) is 16.5 Å². The van der Waals surface area contributed by atoms with E-state index in [1.807, 2.05) is 6.20 Å². The number of aliphatic carboxylic acids is 1. The molecule has 5 nitrogen and oxygen atoms in total. The van der Waals surface area contributed by atoms with Crippen LogP contribution in [-0.2, 0) is 16.8 Å². The Hall–Kier alpha value is -1.79. The van der Waals surface area contributed by atoms with Crippen LogP contribution in [0.25, 0.3) is 0 Å². The Morgan fingerprint density at radius 2 is 2.19 bits per heavy atom. The predicted octanol–water partition coefficient (Wildman–Crippen LogP) is 2.75. The summed E-state index contributed by atoms with van der Waals surface area (Å²) >= 11 is 1.39. The molecule has 0 amide bonds. The van der Waals surface area contributed by atoms with E-state index in [-0.39, 0.29) is 5.41 Å². The molecule has 1 unspecified atom stereocenters. The topological polar surface area (TPSA) is 75.1 Å². The Morgan fingerprint density at radius 1 is 1.43 bits per heavy atom. The summed E-state index contributed by atoms with van der Waals surface area (Å²) in [6.45, 7) is 6.80. The van der Waals surface area contributed by atoms with E-state index in [2.05, 4.69) is 42.1 Å². The van der Waals surface area contributed by atoms with Crippen LogP contribution in [0.2, 0.25) is 0 Å². The summed E-state index contributed by atoms with van der Waals surface area (Å²) in [5.74, 6) is -0.930. The summed E-state index contributed by atoms with van der Waals surface area (Å²) < 4.78 is 0. The van der Waals surface area contributed by atoms with Gasteiger partial charge in [0.25, 0.3) is 0 Å². The second-order valence-corrected chi connectivity index (χ2v) is 6.62. The van der Waals surface area contributed by atoms with Crippen molar-refractivity contribution < 1.29 is 9.90 Å². The molecule has 2 N–H and O–H groups in total. The molecule has 0 bridgehead atoms. The highest BCUT2D eigenvalue weighted by atomic mass is 32.1. The van der Waals surface area contributed by atoms with Crippen molar-refractivity contribution in [3.05, 3.63) is 46.2 Å². The lowest BCUT2D eigenvalue weighted by Gasteiger charge is -2.19. The Labute approximate surface area is 128 Å². The maximum atomic E-state index is 11.3. The van der Waals surface area contributed by atoms with Gasteiger partial charge in [0.2, 0.25) is 0 Å². The molecule has 2 aromatic heterocycles. The molecule has 1 atom stereocenters. The van der Waals surface area contributed by atoms with Crippen LogP contribution in [0.1, 0.15) is 43.6 Å². The van der Waals surface area contributed by atoms with Crippen molar-refractivity contribution in [1.29, 1.82) is 0 Å². The largest absolute Gasteiger partial charge is 0.480 e. The first-order valence-corrected chi connectivity index (χ1v) is 7.61. The molecule has 0 aliphatic rings. The number of thiazole rings is 1. The van der Waals surface area contributed by atoms with Gasteiger partial charge in [-0.2, -0.15) is 0 Å². The van der Waals surface area contributed by atoms with Crippen molar-refractivity contribution in [1.82, 2.24) is 15.3 Å². The van der Waals surface area contributed by atoms with E-state index in [1.165, 1.54) is 11.3 Å². The molecule has 0 fully saturated rings. The maximum Gasteiger partial charge on any atom is 0.327 e. The Morgan fingerprint density at radius 3 is 2.76 bits per heavy atom. The summed E-state index contributed by atoms with van der Waals surface area (Å²) in [5, 5.41) is 14.1. The molecule has 2 heterocycles. The van der Waals surface area contributed by atoms with Gasteiger partial charge < -0.3 is 5.11 Å². The zero-order chi connectivity index (χ0) is 15.5. The SMILES string of the molecule is CC(C)(C)c1cncc(CNC(C(=O)O)c2cscn2)c1. The van der Waals surface area contributed by atoms with Gasteiger partial charge in [0.1, 0.15) is 6.04 Å². The minimum atomic E-state index is -0.930. The number of carbonyl (C=O) groups is 1. The smallest absolute Gasteiger partial charge is 0.327 e. The van der Waals surface area contributed by atoms with Crippen LogP contribution in [0, 0.1) is 0 Å². The van der Waals surface area contributed by atoms with Crippen molar-refractivity contribution >= 4 is 17.3 Å². The fourth-order valence-electron chi connectivity index (χ4n) is 1.90. The molecule has 112 valence electrons. The molecule has 2 aromatic rings. The zero-order valence-corrected chi connectivity index (χ0v) is 13.1. The van der Waals surface area contributed by atoms with Crippen LogP contribution < -0.4 is 5.32 Å². The highest BCUT2D eigenvalue weighted by Crippen LogP contribution is 2.22. The van der Waals surface area contributed by atoms with Gasteiger partial charge in [-0.15, -0.1) is 11.3 Å². The maximum absolute atomic E-state index is 11.3. The van der Waals surface area contributed by atoms with Gasteiger partial charge in [0.05, 0.1) is 11.2 Å². The lowest BCUT2D eigenvalue weighted by molar-refractivity contribution is -0.139. The van der Waals surface area contributed by atoms with E-state index in [0.29, 0.717) is 12.2 Å². The second-order valence-electron chi connectivity index (χ2n) is 5.90. The Bertz CT molecular complexity index is 606. The number of nitrogens with zero attached hydrogens (tertiary/aromatic N) is 2. The summed E-state index contributed by atoms with van der Waals surface area (Å²) in [4.78, 5) is 19.6. The second kappa shape index (κ2) is 6.32. The average Bonchev–Trinajstić information content (AvgIpc) is 2.92. The summed E-state index contributed by atoms with van der Waals surface area (Å²) in [6.07, 6.45) is 3.60. The molecule has 0 aliphatic carbocycles. The molecule has 0 saturated carbocycles. The van der Waals surface area contributed by atoms with Crippen molar-refractivity contribution in [3.63, 3.8) is 0 Å². The lowest BCUT2D eigenvalue weighted by Crippen LogP contribution is -2.28. The van der Waals surface area contributed by atoms with E-state index in [0.717, 1.165) is 11.1 Å². The highest BCUT2D eigenvalue weighted by Gasteiger charge is 2.21. The van der Waals surface area contributed by atoms with Crippen molar-refractivity contribution in [3.8, 4) is 0 Å². The van der Waals surface area contributed by atoms with Crippen molar-refractivity contribution in [2.45, 2.75) is 38.8 Å². The monoisotopic (exact) mass is 305 g/mol. The fourth-order valence-corrected chi connectivity index (χ4v) is 2.48. The normalized spacial score (nSPS) is 13.1. The van der Waals surface area contributed by atoms with Gasteiger partial charge >= 0.3 is 5.97 Å². The number of aromatic nitrogens is 2. The fraction of sp³-hybridized carbons (Fsp3) is 0.400. The van der Waals surface area contributed by atoms with E-state index in [9.17, 15) is 9.90 Å². The van der Waals surface area contributed by atoms with Crippen LogP contribution in [-0.4, -0.2) is 21.0 Å². The number of pyridine rings is 1. The van der Waals surface area contributed by atoms with Gasteiger partial charge in [0.15, 0.2) is 0 Å². The van der Waals surface area contributed by atoms with E-state index in [1.54, 1.807) is 17.1 Å². The molecule has 6 heteroatoms. The summed E-state index contributed by atoms with van der Waals surface area (Å²) in [6, 6.07) is 1.26. The number of hydrogen-bond acceptors (Lipinski definition) is 5. The Kier molecular flexibility index (Phi) is 4.69. The molecular formula is C15H19N3O2S. The molecule has 2 rings (SSSR count). The molecule has 0 saturated heterocycles. The van der Waals surface area contributed by atoms with Crippen LogP contribution in [0.5, 0.6) is 0 Å². The number of hydrogen-bond donors (Lipinski definition) is 2. The van der Waals surface area contributed by atoms with Crippen LogP contribution in [0.15, 0.2) is 29.4 Å². The van der Waals surface area contributed by atoms with E-state index >= 15 is 0 Å². The van der Waals surface area contributed by atoms with E-state index < -0.39 is 12.0 Å². The number of rotatable bonds is 5.